The lowest BCUT2D eigenvalue weighted by Crippen LogP contribution is -2.14. The molecule has 11 rings (SSSR count). The third-order valence-corrected chi connectivity index (χ3v) is 12.0. The van der Waals surface area contributed by atoms with Gasteiger partial charge in [0.05, 0.1) is 28.1 Å². The topological polar surface area (TPSA) is 51.6 Å². The fraction of sp³-hybridized carbons (Fsp3) is 0.0545. The van der Waals surface area contributed by atoms with Crippen LogP contribution in [0.2, 0.25) is 0 Å². The van der Waals surface area contributed by atoms with Gasteiger partial charge in [0.25, 0.3) is 0 Å². The number of aromatic nitrogens is 4. The summed E-state index contributed by atoms with van der Waals surface area (Å²) in [5.41, 5.74) is 18.4. The van der Waals surface area contributed by atoms with E-state index in [1.165, 1.54) is 27.8 Å². The number of rotatable bonds is 6. The Kier molecular flexibility index (Phi) is 8.12. The summed E-state index contributed by atoms with van der Waals surface area (Å²) in [6.07, 6.45) is 1.83. The highest BCUT2D eigenvalue weighted by molar-refractivity contribution is 6.03. The standard InChI is InChI=1S/C55H38N4/c1-55(2)46-18-7-6-16-44(46)51-45(17-9-19-47(51)55)50-34-49(58-54(59-50)41-28-22-36(23-29-41)35-11-4-3-5-12-35)38-24-20-37(21-25-38)42-13-8-14-43(33-42)48-31-30-40-27-26-39-15-10-32-56-52(39)53(40)57-48/h3-34H,1-2H3. The first-order valence-electron chi connectivity index (χ1n) is 20.1. The number of fused-ring (bicyclic) bond motifs is 6. The van der Waals surface area contributed by atoms with Crippen LogP contribution in [0.4, 0.5) is 0 Å². The van der Waals surface area contributed by atoms with Crippen molar-refractivity contribution < 1.29 is 0 Å². The van der Waals surface area contributed by atoms with Gasteiger partial charge in [0.2, 0.25) is 0 Å². The molecule has 10 aromatic rings. The lowest BCUT2D eigenvalue weighted by Gasteiger charge is -2.21. The highest BCUT2D eigenvalue weighted by atomic mass is 14.9. The van der Waals surface area contributed by atoms with Crippen LogP contribution in [0, 0.1) is 0 Å². The highest BCUT2D eigenvalue weighted by Gasteiger charge is 2.36. The minimum Gasteiger partial charge on any atom is -0.254 e. The van der Waals surface area contributed by atoms with Gasteiger partial charge in [0.1, 0.15) is 0 Å². The zero-order valence-electron chi connectivity index (χ0n) is 32.8. The second-order valence-electron chi connectivity index (χ2n) is 15.9. The van der Waals surface area contributed by atoms with E-state index in [4.69, 9.17) is 15.0 Å². The smallest absolute Gasteiger partial charge is 0.160 e. The summed E-state index contributed by atoms with van der Waals surface area (Å²) in [6, 6.07) is 66.5. The first-order valence-corrected chi connectivity index (χ1v) is 20.1. The monoisotopic (exact) mass is 754 g/mol. The Morgan fingerprint density at radius 3 is 1.78 bits per heavy atom. The van der Waals surface area contributed by atoms with Crippen LogP contribution in [0.3, 0.4) is 0 Å². The Morgan fingerprint density at radius 2 is 0.949 bits per heavy atom. The summed E-state index contributed by atoms with van der Waals surface area (Å²) >= 11 is 0. The molecule has 7 aromatic carbocycles. The van der Waals surface area contributed by atoms with Crippen molar-refractivity contribution in [2.24, 2.45) is 0 Å². The first kappa shape index (κ1) is 34.7. The molecule has 0 aliphatic heterocycles. The van der Waals surface area contributed by atoms with Gasteiger partial charge in [-0.15, -0.1) is 0 Å². The van der Waals surface area contributed by atoms with Crippen molar-refractivity contribution in [3.8, 4) is 78.5 Å². The predicted octanol–water partition coefficient (Wildman–Crippen LogP) is 13.9. The maximum atomic E-state index is 5.32. The summed E-state index contributed by atoms with van der Waals surface area (Å²) in [4.78, 5) is 20.3. The Hall–Kier alpha value is -7.56. The van der Waals surface area contributed by atoms with Crippen molar-refractivity contribution in [2.75, 3.05) is 0 Å². The van der Waals surface area contributed by atoms with Crippen molar-refractivity contribution in [3.63, 3.8) is 0 Å². The molecule has 0 bridgehead atoms. The number of benzene rings is 7. The Labute approximate surface area is 343 Å². The van der Waals surface area contributed by atoms with Crippen molar-refractivity contribution in [2.45, 2.75) is 19.3 Å². The predicted molar refractivity (Wildman–Crippen MR) is 243 cm³/mol. The molecule has 0 radical (unpaired) electrons. The Morgan fingerprint density at radius 1 is 0.356 bits per heavy atom. The average Bonchev–Trinajstić information content (AvgIpc) is 3.55. The maximum Gasteiger partial charge on any atom is 0.160 e. The Balaban J connectivity index is 0.993. The molecule has 278 valence electrons. The summed E-state index contributed by atoms with van der Waals surface area (Å²) < 4.78 is 0. The third kappa shape index (κ3) is 6.00. The summed E-state index contributed by atoms with van der Waals surface area (Å²) in [5.74, 6) is 0.697. The zero-order chi connectivity index (χ0) is 39.5. The molecular weight excluding hydrogens is 717 g/mol. The van der Waals surface area contributed by atoms with Gasteiger partial charge in [-0.2, -0.15) is 0 Å². The van der Waals surface area contributed by atoms with Gasteiger partial charge in [-0.3, -0.25) is 4.98 Å². The molecule has 1 aliphatic carbocycles. The van der Waals surface area contributed by atoms with E-state index >= 15 is 0 Å². The molecule has 0 N–H and O–H groups in total. The van der Waals surface area contributed by atoms with Gasteiger partial charge in [0.15, 0.2) is 5.82 Å². The van der Waals surface area contributed by atoms with E-state index in [1.54, 1.807) is 0 Å². The number of hydrogen-bond acceptors (Lipinski definition) is 4. The van der Waals surface area contributed by atoms with Crippen LogP contribution in [0.1, 0.15) is 25.0 Å². The summed E-state index contributed by atoms with van der Waals surface area (Å²) in [6.45, 7) is 4.64. The van der Waals surface area contributed by atoms with Crippen LogP contribution >= 0.6 is 0 Å². The van der Waals surface area contributed by atoms with Crippen molar-refractivity contribution >= 4 is 21.8 Å². The molecule has 0 spiro atoms. The molecule has 3 aromatic heterocycles. The van der Waals surface area contributed by atoms with E-state index in [0.29, 0.717) is 5.82 Å². The van der Waals surface area contributed by atoms with Crippen LogP contribution in [0.5, 0.6) is 0 Å². The van der Waals surface area contributed by atoms with Crippen molar-refractivity contribution in [3.05, 3.63) is 205 Å². The van der Waals surface area contributed by atoms with Gasteiger partial charge < -0.3 is 0 Å². The second-order valence-corrected chi connectivity index (χ2v) is 15.9. The lowest BCUT2D eigenvalue weighted by atomic mass is 9.82. The zero-order valence-corrected chi connectivity index (χ0v) is 32.8. The molecule has 59 heavy (non-hydrogen) atoms. The van der Waals surface area contributed by atoms with Crippen LogP contribution in [-0.4, -0.2) is 19.9 Å². The fourth-order valence-electron chi connectivity index (χ4n) is 8.85. The molecule has 0 amide bonds. The van der Waals surface area contributed by atoms with E-state index in [9.17, 15) is 0 Å². The van der Waals surface area contributed by atoms with Gasteiger partial charge in [0, 0.05) is 44.6 Å². The maximum absolute atomic E-state index is 5.32. The molecule has 0 unspecified atom stereocenters. The molecule has 0 atom stereocenters. The van der Waals surface area contributed by atoms with E-state index < -0.39 is 0 Å². The van der Waals surface area contributed by atoms with E-state index in [2.05, 4.69) is 195 Å². The molecule has 0 saturated heterocycles. The summed E-state index contributed by atoms with van der Waals surface area (Å²) in [5, 5.41) is 2.17. The van der Waals surface area contributed by atoms with Crippen LogP contribution in [-0.2, 0) is 5.41 Å². The van der Waals surface area contributed by atoms with Gasteiger partial charge in [-0.25, -0.2) is 15.0 Å². The molecule has 4 heteroatoms. The second kappa shape index (κ2) is 13.8. The number of nitrogens with zero attached hydrogens (tertiary/aromatic N) is 4. The molecule has 4 nitrogen and oxygen atoms in total. The molecule has 1 aliphatic rings. The van der Waals surface area contributed by atoms with Gasteiger partial charge in [-0.1, -0.05) is 178 Å². The third-order valence-electron chi connectivity index (χ3n) is 12.0. The molecule has 3 heterocycles. The number of pyridine rings is 2. The average molecular weight is 755 g/mol. The van der Waals surface area contributed by atoms with E-state index in [0.717, 1.165) is 77.8 Å². The molecule has 0 saturated carbocycles. The van der Waals surface area contributed by atoms with Gasteiger partial charge >= 0.3 is 0 Å². The Bertz CT molecular complexity index is 3220. The number of hydrogen-bond donors (Lipinski definition) is 0. The summed E-state index contributed by atoms with van der Waals surface area (Å²) in [7, 11) is 0. The van der Waals surface area contributed by atoms with Crippen molar-refractivity contribution in [1.82, 2.24) is 19.9 Å². The van der Waals surface area contributed by atoms with Crippen LogP contribution < -0.4 is 0 Å². The minimum absolute atomic E-state index is 0.114. The largest absolute Gasteiger partial charge is 0.254 e. The SMILES string of the molecule is CC1(C)c2ccccc2-c2c(-c3cc(-c4ccc(-c5cccc(-c6ccc7ccc8cccnc8c7n6)c5)cc4)nc(-c4ccc(-c5ccccc5)cc4)n3)cccc21. The lowest BCUT2D eigenvalue weighted by molar-refractivity contribution is 0.660. The van der Waals surface area contributed by atoms with E-state index in [1.807, 2.05) is 18.3 Å². The van der Waals surface area contributed by atoms with Crippen LogP contribution in [0.15, 0.2) is 194 Å². The first-order chi connectivity index (χ1) is 29.0. The fourth-order valence-corrected chi connectivity index (χ4v) is 8.85. The van der Waals surface area contributed by atoms with Crippen LogP contribution in [0.25, 0.3) is 100 Å². The molecular formula is C55H38N4. The molecule has 0 fully saturated rings. The normalized spacial score (nSPS) is 12.7. The van der Waals surface area contributed by atoms with Crippen molar-refractivity contribution in [1.29, 1.82) is 0 Å². The van der Waals surface area contributed by atoms with Gasteiger partial charge in [-0.05, 0) is 68.8 Å². The highest BCUT2D eigenvalue weighted by Crippen LogP contribution is 2.52. The minimum atomic E-state index is -0.114. The van der Waals surface area contributed by atoms with E-state index in [-0.39, 0.29) is 5.41 Å². The quantitative estimate of drug-likeness (QED) is 0.159.